The van der Waals surface area contributed by atoms with Gasteiger partial charge in [0.1, 0.15) is 19.0 Å². The summed E-state index contributed by atoms with van der Waals surface area (Å²) in [5.74, 6) is 1.69. The lowest BCUT2D eigenvalue weighted by Crippen LogP contribution is -2.55. The molecule has 3 aromatic rings. The second kappa shape index (κ2) is 15.1. The van der Waals surface area contributed by atoms with Crippen molar-refractivity contribution < 1.29 is 28.5 Å². The van der Waals surface area contributed by atoms with Crippen LogP contribution < -0.4 is 29.6 Å². The summed E-state index contributed by atoms with van der Waals surface area (Å²) in [4.78, 5) is 29.2. The summed E-state index contributed by atoms with van der Waals surface area (Å²) in [6.45, 7) is 4.05. The van der Waals surface area contributed by atoms with Crippen molar-refractivity contribution in [1.29, 1.82) is 0 Å². The van der Waals surface area contributed by atoms with Gasteiger partial charge in [-0.2, -0.15) is 0 Å². The minimum absolute atomic E-state index is 0.0269. The van der Waals surface area contributed by atoms with Crippen LogP contribution in [-0.2, 0) is 11.3 Å². The van der Waals surface area contributed by atoms with Gasteiger partial charge < -0.3 is 34.5 Å². The lowest BCUT2D eigenvalue weighted by molar-refractivity contribution is -0.138. The summed E-state index contributed by atoms with van der Waals surface area (Å²) in [7, 11) is 3.21. The van der Waals surface area contributed by atoms with Gasteiger partial charge in [0.25, 0.3) is 5.91 Å². The Morgan fingerprint density at radius 2 is 1.64 bits per heavy atom. The number of para-hydroxylation sites is 1. The van der Waals surface area contributed by atoms with Gasteiger partial charge in [-0.05, 0) is 80.8 Å². The highest BCUT2D eigenvalue weighted by Gasteiger charge is 2.40. The summed E-state index contributed by atoms with van der Waals surface area (Å²) in [6, 6.07) is 16.1. The Labute approximate surface area is 274 Å². The van der Waals surface area contributed by atoms with Crippen molar-refractivity contribution in [2.75, 3.05) is 40.5 Å². The fourth-order valence-electron chi connectivity index (χ4n) is 5.62. The highest BCUT2D eigenvalue weighted by molar-refractivity contribution is 6.37. The number of carbonyl (C=O) groups excluding carboxylic acids is 2. The van der Waals surface area contributed by atoms with Crippen LogP contribution in [0.1, 0.15) is 40.7 Å². The molecule has 2 fully saturated rings. The number of methoxy groups -OCH3 is 2. The quantitative estimate of drug-likeness (QED) is 0.229. The number of piperidine rings is 1. The maximum atomic E-state index is 14.0. The lowest BCUT2D eigenvalue weighted by Gasteiger charge is -2.36. The number of halogens is 2. The van der Waals surface area contributed by atoms with Crippen molar-refractivity contribution in [3.63, 3.8) is 0 Å². The lowest BCUT2D eigenvalue weighted by atomic mass is 9.91. The normalized spacial score (nSPS) is 17.7. The van der Waals surface area contributed by atoms with Gasteiger partial charge in [-0.25, -0.2) is 0 Å². The Hall–Kier alpha value is -3.66. The van der Waals surface area contributed by atoms with E-state index in [0.717, 1.165) is 30.5 Å². The van der Waals surface area contributed by atoms with Crippen LogP contribution in [0.15, 0.2) is 54.6 Å². The largest absolute Gasteiger partial charge is 0.493 e. The van der Waals surface area contributed by atoms with Crippen LogP contribution in [0.25, 0.3) is 0 Å². The van der Waals surface area contributed by atoms with E-state index >= 15 is 0 Å². The van der Waals surface area contributed by atoms with E-state index in [9.17, 15) is 9.59 Å². The molecule has 240 valence electrons. The van der Waals surface area contributed by atoms with Gasteiger partial charge in [-0.1, -0.05) is 35.3 Å². The van der Waals surface area contributed by atoms with Gasteiger partial charge >= 0.3 is 0 Å². The van der Waals surface area contributed by atoms with Crippen LogP contribution in [0.3, 0.4) is 0 Å². The Morgan fingerprint density at radius 1 is 0.933 bits per heavy atom. The predicted molar refractivity (Wildman–Crippen MR) is 174 cm³/mol. The third-order valence-electron chi connectivity index (χ3n) is 8.07. The van der Waals surface area contributed by atoms with E-state index in [-0.39, 0.29) is 37.1 Å². The fraction of sp³-hybridized carbons (Fsp3) is 0.412. The maximum absolute atomic E-state index is 14.0. The molecule has 11 heteroatoms. The number of ether oxygens (including phenoxy) is 4. The molecule has 5 rings (SSSR count). The van der Waals surface area contributed by atoms with Crippen molar-refractivity contribution in [3.05, 3.63) is 81.3 Å². The van der Waals surface area contributed by atoms with E-state index in [2.05, 4.69) is 10.6 Å². The standard InChI is InChI=1S/C34H39Cl2N3O6/c1-21-17-27(35)32(28(36)18-21)45-16-15-44-25-11-7-22(8-12-25)33(40)38-29-13-14-37-19-26(29)34(41)39(24-9-10-24)20-23-5-4-6-30(42-2)31(23)43-3/h4-8,11-12,17-18,24,26,29,37H,9-10,13-16,19-20H2,1-3H3,(H,38,40). The van der Waals surface area contributed by atoms with Crippen molar-refractivity contribution in [2.24, 2.45) is 5.92 Å². The van der Waals surface area contributed by atoms with E-state index in [4.69, 9.17) is 42.1 Å². The van der Waals surface area contributed by atoms with Gasteiger partial charge in [0, 0.05) is 36.3 Å². The molecule has 2 N–H and O–H groups in total. The van der Waals surface area contributed by atoms with Crippen molar-refractivity contribution in [1.82, 2.24) is 15.5 Å². The van der Waals surface area contributed by atoms with Crippen molar-refractivity contribution in [3.8, 4) is 23.0 Å². The van der Waals surface area contributed by atoms with Crippen molar-refractivity contribution in [2.45, 2.75) is 44.8 Å². The number of hydrogen-bond acceptors (Lipinski definition) is 7. The monoisotopic (exact) mass is 655 g/mol. The predicted octanol–water partition coefficient (Wildman–Crippen LogP) is 5.68. The van der Waals surface area contributed by atoms with E-state index in [0.29, 0.717) is 58.1 Å². The molecule has 1 saturated carbocycles. The third kappa shape index (κ3) is 8.14. The smallest absolute Gasteiger partial charge is 0.251 e. The van der Waals surface area contributed by atoms with Crippen molar-refractivity contribution >= 4 is 35.0 Å². The Morgan fingerprint density at radius 3 is 2.31 bits per heavy atom. The van der Waals surface area contributed by atoms with Crippen LogP contribution in [-0.4, -0.2) is 69.3 Å². The van der Waals surface area contributed by atoms with E-state index in [1.165, 1.54) is 0 Å². The van der Waals surface area contributed by atoms with Gasteiger partial charge in [-0.15, -0.1) is 0 Å². The Balaban J connectivity index is 1.18. The number of nitrogens with one attached hydrogen (secondary N) is 2. The Bertz CT molecular complexity index is 1470. The number of aryl methyl sites for hydroxylation is 1. The average molecular weight is 657 g/mol. The Kier molecular flexibility index (Phi) is 11.0. The summed E-state index contributed by atoms with van der Waals surface area (Å²) in [5, 5.41) is 7.37. The summed E-state index contributed by atoms with van der Waals surface area (Å²) < 4.78 is 22.6. The number of rotatable bonds is 13. The minimum atomic E-state index is -0.391. The molecule has 0 aromatic heterocycles. The van der Waals surface area contributed by atoms with Crippen LogP contribution in [0.2, 0.25) is 10.0 Å². The molecular weight excluding hydrogens is 617 g/mol. The molecule has 1 saturated heterocycles. The second-order valence-electron chi connectivity index (χ2n) is 11.3. The number of carbonyl (C=O) groups is 2. The highest BCUT2D eigenvalue weighted by Crippen LogP contribution is 2.36. The van der Waals surface area contributed by atoms with Gasteiger partial charge in [0.05, 0.1) is 30.2 Å². The second-order valence-corrected chi connectivity index (χ2v) is 12.1. The fourth-order valence-corrected chi connectivity index (χ4v) is 6.33. The first kappa shape index (κ1) is 32.7. The van der Waals surface area contributed by atoms with Gasteiger partial charge in [0.2, 0.25) is 5.91 Å². The summed E-state index contributed by atoms with van der Waals surface area (Å²) in [6.07, 6.45) is 2.58. The van der Waals surface area contributed by atoms with Gasteiger partial charge in [0.15, 0.2) is 17.2 Å². The van der Waals surface area contributed by atoms with Crippen LogP contribution in [0.5, 0.6) is 23.0 Å². The molecule has 1 aliphatic heterocycles. The van der Waals surface area contributed by atoms with Crippen LogP contribution >= 0.6 is 23.2 Å². The topological polar surface area (TPSA) is 98.4 Å². The number of hydrogen-bond donors (Lipinski definition) is 2. The highest BCUT2D eigenvalue weighted by atomic mass is 35.5. The molecule has 1 aliphatic carbocycles. The van der Waals surface area contributed by atoms with Crippen LogP contribution in [0.4, 0.5) is 0 Å². The molecule has 3 aromatic carbocycles. The first-order chi connectivity index (χ1) is 21.8. The molecule has 0 spiro atoms. The number of benzene rings is 3. The zero-order chi connectivity index (χ0) is 31.9. The molecular formula is C34H39Cl2N3O6. The maximum Gasteiger partial charge on any atom is 0.251 e. The van der Waals surface area contributed by atoms with Crippen LogP contribution in [0, 0.1) is 12.8 Å². The SMILES string of the molecule is COc1cccc(CN(C(=O)C2CNCCC2NC(=O)c2ccc(OCCOc3c(Cl)cc(C)cc3Cl)cc2)C2CC2)c1OC. The molecule has 2 unspecified atom stereocenters. The zero-order valence-electron chi connectivity index (χ0n) is 25.7. The van der Waals surface area contributed by atoms with E-state index in [1.807, 2.05) is 30.0 Å². The number of amides is 2. The van der Waals surface area contributed by atoms with E-state index < -0.39 is 5.92 Å². The first-order valence-corrected chi connectivity index (χ1v) is 15.9. The van der Waals surface area contributed by atoms with Gasteiger partial charge in [-0.3, -0.25) is 9.59 Å². The molecule has 9 nitrogen and oxygen atoms in total. The minimum Gasteiger partial charge on any atom is -0.493 e. The van der Waals surface area contributed by atoms with E-state index in [1.54, 1.807) is 50.6 Å². The molecule has 0 bridgehead atoms. The number of nitrogens with zero attached hydrogens (tertiary/aromatic N) is 1. The summed E-state index contributed by atoms with van der Waals surface area (Å²) in [5.41, 5.74) is 2.32. The molecule has 0 radical (unpaired) electrons. The first-order valence-electron chi connectivity index (χ1n) is 15.1. The molecule has 2 aliphatic rings. The average Bonchev–Trinajstić information content (AvgIpc) is 3.88. The molecule has 45 heavy (non-hydrogen) atoms. The third-order valence-corrected chi connectivity index (χ3v) is 8.63. The summed E-state index contributed by atoms with van der Waals surface area (Å²) >= 11 is 12.5. The molecule has 2 atom stereocenters. The molecule has 1 heterocycles. The zero-order valence-corrected chi connectivity index (χ0v) is 27.2. The molecule has 2 amide bonds.